The Labute approximate surface area is 127 Å². The molecule has 5 heteroatoms. The topological polar surface area (TPSA) is 78.3 Å². The number of carbonyl (C=O) groups excluding carboxylic acids is 1. The molecule has 110 valence electrons. The molecule has 3 rings (SSSR count). The van der Waals surface area contributed by atoms with Crippen LogP contribution in [0.15, 0.2) is 59.0 Å². The highest BCUT2D eigenvalue weighted by molar-refractivity contribution is 5.70. The average Bonchev–Trinajstić information content (AvgIpc) is 3.00. The van der Waals surface area contributed by atoms with Gasteiger partial charge in [0.05, 0.1) is 0 Å². The van der Waals surface area contributed by atoms with E-state index in [1.807, 2.05) is 54.6 Å². The minimum atomic E-state index is 0.134. The Morgan fingerprint density at radius 1 is 1.09 bits per heavy atom. The molecule has 1 aromatic heterocycles. The lowest BCUT2D eigenvalue weighted by Crippen LogP contribution is -1.99. The van der Waals surface area contributed by atoms with Gasteiger partial charge in [0, 0.05) is 17.7 Å². The minimum absolute atomic E-state index is 0.134. The van der Waals surface area contributed by atoms with Crippen molar-refractivity contribution in [3.05, 3.63) is 60.2 Å². The van der Waals surface area contributed by atoms with Crippen LogP contribution in [0.25, 0.3) is 22.8 Å². The molecule has 0 radical (unpaired) electrons. The van der Waals surface area contributed by atoms with Crippen LogP contribution >= 0.6 is 0 Å². The quantitative estimate of drug-likeness (QED) is 0.732. The number of carbonyl (C=O) groups is 1. The van der Waals surface area contributed by atoms with Gasteiger partial charge in [-0.15, -0.1) is 0 Å². The molecule has 0 saturated heterocycles. The predicted octanol–water partition coefficient (Wildman–Crippen LogP) is 3.00. The summed E-state index contributed by atoms with van der Waals surface area (Å²) in [6.07, 6.45) is 0. The Morgan fingerprint density at radius 2 is 1.82 bits per heavy atom. The fraction of sp³-hybridized carbons (Fsp3) is 0.0588. The van der Waals surface area contributed by atoms with Crippen molar-refractivity contribution in [3.63, 3.8) is 0 Å². The third-order valence-corrected chi connectivity index (χ3v) is 3.26. The van der Waals surface area contributed by atoms with Crippen LogP contribution in [-0.4, -0.2) is 11.5 Å². The van der Waals surface area contributed by atoms with Crippen molar-refractivity contribution in [1.29, 1.82) is 0 Å². The van der Waals surface area contributed by atoms with E-state index in [0.717, 1.165) is 16.7 Å². The third-order valence-electron chi connectivity index (χ3n) is 3.26. The second-order valence-corrected chi connectivity index (χ2v) is 4.59. The van der Waals surface area contributed by atoms with Crippen LogP contribution in [-0.2, 0) is 11.3 Å². The summed E-state index contributed by atoms with van der Waals surface area (Å²) in [6.45, 7) is 0.680. The number of hydrogen-bond acceptors (Lipinski definition) is 5. The van der Waals surface area contributed by atoms with Gasteiger partial charge >= 0.3 is 0 Å². The Morgan fingerprint density at radius 3 is 2.55 bits per heavy atom. The number of aromatic nitrogens is 1. The molecular formula is C17H14N2O3. The molecule has 0 aliphatic rings. The standard InChI is InChI=1S/C17H14N2O3/c18-10-13-8-4-5-9-14(13)15-17(21-11-20)19-16(22-15)12-6-2-1-3-7-12/h1-9,11H,10,18H2. The van der Waals surface area contributed by atoms with Crippen LogP contribution in [0.1, 0.15) is 5.56 Å². The zero-order valence-electron chi connectivity index (χ0n) is 11.7. The Kier molecular flexibility index (Phi) is 3.98. The van der Waals surface area contributed by atoms with Crippen molar-refractivity contribution >= 4 is 6.47 Å². The van der Waals surface area contributed by atoms with Crippen molar-refractivity contribution < 1.29 is 13.9 Å². The van der Waals surface area contributed by atoms with Crippen LogP contribution in [0.3, 0.4) is 0 Å². The first kappa shape index (κ1) is 14.0. The number of nitrogens with two attached hydrogens (primary N) is 1. The Bertz CT molecular complexity index is 782. The summed E-state index contributed by atoms with van der Waals surface area (Å²) in [5.41, 5.74) is 8.20. The van der Waals surface area contributed by atoms with E-state index in [0.29, 0.717) is 24.7 Å². The van der Waals surface area contributed by atoms with Crippen LogP contribution in [0.2, 0.25) is 0 Å². The van der Waals surface area contributed by atoms with Crippen molar-refractivity contribution in [2.24, 2.45) is 5.73 Å². The molecule has 0 spiro atoms. The van der Waals surface area contributed by atoms with E-state index in [4.69, 9.17) is 14.9 Å². The summed E-state index contributed by atoms with van der Waals surface area (Å²) in [5, 5.41) is 0. The van der Waals surface area contributed by atoms with Crippen LogP contribution in [0.5, 0.6) is 5.88 Å². The van der Waals surface area contributed by atoms with Crippen LogP contribution in [0.4, 0.5) is 0 Å². The molecule has 0 atom stereocenters. The predicted molar refractivity (Wildman–Crippen MR) is 82.0 cm³/mol. The molecule has 0 bridgehead atoms. The molecule has 3 aromatic rings. The maximum Gasteiger partial charge on any atom is 0.299 e. The van der Waals surface area contributed by atoms with Gasteiger partial charge in [0.25, 0.3) is 12.4 Å². The first-order valence-corrected chi connectivity index (χ1v) is 6.78. The summed E-state index contributed by atoms with van der Waals surface area (Å²) in [6, 6.07) is 16.9. The Balaban J connectivity index is 2.14. The molecule has 0 saturated carbocycles. The van der Waals surface area contributed by atoms with E-state index in [2.05, 4.69) is 4.98 Å². The molecule has 22 heavy (non-hydrogen) atoms. The number of benzene rings is 2. The molecular weight excluding hydrogens is 280 g/mol. The van der Waals surface area contributed by atoms with Gasteiger partial charge in [-0.3, -0.25) is 4.79 Å². The molecule has 2 N–H and O–H groups in total. The molecule has 0 aliphatic carbocycles. The van der Waals surface area contributed by atoms with Crippen LogP contribution < -0.4 is 10.5 Å². The highest BCUT2D eigenvalue weighted by Gasteiger charge is 2.19. The first-order chi connectivity index (χ1) is 10.8. The molecule has 0 fully saturated rings. The van der Waals surface area contributed by atoms with E-state index >= 15 is 0 Å². The lowest BCUT2D eigenvalue weighted by Gasteiger charge is -2.04. The normalized spacial score (nSPS) is 10.4. The van der Waals surface area contributed by atoms with Gasteiger partial charge in [0.1, 0.15) is 0 Å². The third kappa shape index (κ3) is 2.62. The van der Waals surface area contributed by atoms with E-state index in [9.17, 15) is 4.79 Å². The zero-order chi connectivity index (χ0) is 15.4. The zero-order valence-corrected chi connectivity index (χ0v) is 11.7. The van der Waals surface area contributed by atoms with Gasteiger partial charge in [0.15, 0.2) is 5.76 Å². The van der Waals surface area contributed by atoms with Crippen molar-refractivity contribution in [3.8, 4) is 28.7 Å². The van der Waals surface area contributed by atoms with E-state index < -0.39 is 0 Å². The minimum Gasteiger partial charge on any atom is -0.432 e. The van der Waals surface area contributed by atoms with Gasteiger partial charge in [-0.25, -0.2) is 0 Å². The molecule has 1 heterocycles. The molecule has 5 nitrogen and oxygen atoms in total. The summed E-state index contributed by atoms with van der Waals surface area (Å²) >= 11 is 0. The van der Waals surface area contributed by atoms with Crippen LogP contribution in [0, 0.1) is 0 Å². The fourth-order valence-corrected chi connectivity index (χ4v) is 2.23. The summed E-state index contributed by atoms with van der Waals surface area (Å²) in [4.78, 5) is 15.0. The smallest absolute Gasteiger partial charge is 0.299 e. The van der Waals surface area contributed by atoms with Crippen molar-refractivity contribution in [2.75, 3.05) is 0 Å². The molecule has 2 aromatic carbocycles. The number of ether oxygens (including phenoxy) is 1. The van der Waals surface area contributed by atoms with E-state index in [1.54, 1.807) is 0 Å². The Hall–Kier alpha value is -2.92. The maximum absolute atomic E-state index is 10.7. The average molecular weight is 294 g/mol. The van der Waals surface area contributed by atoms with Gasteiger partial charge in [0.2, 0.25) is 5.89 Å². The first-order valence-electron chi connectivity index (χ1n) is 6.78. The van der Waals surface area contributed by atoms with E-state index in [1.165, 1.54) is 0 Å². The summed E-state index contributed by atoms with van der Waals surface area (Å²) in [5.74, 6) is 0.918. The second kappa shape index (κ2) is 6.24. The van der Waals surface area contributed by atoms with E-state index in [-0.39, 0.29) is 5.88 Å². The fourth-order valence-electron chi connectivity index (χ4n) is 2.23. The van der Waals surface area contributed by atoms with Gasteiger partial charge in [-0.2, -0.15) is 4.98 Å². The molecule has 0 aliphatic heterocycles. The lowest BCUT2D eigenvalue weighted by atomic mass is 10.1. The highest BCUT2D eigenvalue weighted by Crippen LogP contribution is 2.36. The number of hydrogen-bond donors (Lipinski definition) is 1. The number of oxazole rings is 1. The van der Waals surface area contributed by atoms with Gasteiger partial charge in [-0.05, 0) is 17.7 Å². The number of rotatable bonds is 5. The van der Waals surface area contributed by atoms with Crippen molar-refractivity contribution in [2.45, 2.75) is 6.54 Å². The monoisotopic (exact) mass is 294 g/mol. The molecule has 0 amide bonds. The van der Waals surface area contributed by atoms with Crippen molar-refractivity contribution in [1.82, 2.24) is 4.98 Å². The number of nitrogens with zero attached hydrogens (tertiary/aromatic N) is 1. The summed E-state index contributed by atoms with van der Waals surface area (Å²) in [7, 11) is 0. The largest absolute Gasteiger partial charge is 0.432 e. The van der Waals surface area contributed by atoms with Gasteiger partial charge in [-0.1, -0.05) is 42.5 Å². The lowest BCUT2D eigenvalue weighted by molar-refractivity contribution is -0.120. The maximum atomic E-state index is 10.7. The highest BCUT2D eigenvalue weighted by atomic mass is 16.5. The molecule has 0 unspecified atom stereocenters. The second-order valence-electron chi connectivity index (χ2n) is 4.59. The van der Waals surface area contributed by atoms with Gasteiger partial charge < -0.3 is 14.9 Å². The SMILES string of the molecule is NCc1ccccc1-c1oc(-c2ccccc2)nc1OC=O. The summed E-state index contributed by atoms with van der Waals surface area (Å²) < 4.78 is 10.8.